The number of halogens is 5. The monoisotopic (exact) mass is 1430 g/mol. The van der Waals surface area contributed by atoms with Gasteiger partial charge in [-0.1, -0.05) is 88.7 Å². The number of carboxylic acids is 1. The third-order valence-electron chi connectivity index (χ3n) is 9.83. The fourth-order valence-electron chi connectivity index (χ4n) is 6.44. The maximum absolute atomic E-state index is 13.4. The van der Waals surface area contributed by atoms with E-state index in [0.717, 1.165) is 49.4 Å². The van der Waals surface area contributed by atoms with Crippen LogP contribution in [0.4, 0.5) is 25.8 Å². The number of aromatic amines is 3. The zero-order valence-corrected chi connectivity index (χ0v) is 52.5. The zero-order valence-electron chi connectivity index (χ0n) is 45.7. The first-order valence-corrected chi connectivity index (χ1v) is 27.2. The fourth-order valence-corrected chi connectivity index (χ4v) is 7.17. The van der Waals surface area contributed by atoms with E-state index in [0.29, 0.717) is 48.0 Å². The number of fused-ring (bicyclic) bond motifs is 3. The van der Waals surface area contributed by atoms with Crippen molar-refractivity contribution in [2.45, 2.75) is 52.4 Å². The van der Waals surface area contributed by atoms with Crippen LogP contribution < -0.4 is 21.8 Å². The summed E-state index contributed by atoms with van der Waals surface area (Å²) in [4.78, 5) is 54.3. The molecule has 11 aromatic rings. The Kier molecular flexibility index (Phi) is 29.8. The molecule has 3 aromatic carbocycles. The van der Waals surface area contributed by atoms with E-state index in [2.05, 4.69) is 162 Å². The van der Waals surface area contributed by atoms with E-state index in [1.165, 1.54) is 18.2 Å². The summed E-state index contributed by atoms with van der Waals surface area (Å²) in [5.74, 6) is -1.22. The molecule has 0 saturated heterocycles. The third-order valence-corrected chi connectivity index (χ3v) is 10.8. The van der Waals surface area contributed by atoms with Crippen molar-refractivity contribution in [2.75, 3.05) is 16.4 Å². The number of rotatable bonds is 7. The summed E-state index contributed by atoms with van der Waals surface area (Å²) in [5, 5.41) is 53.4. The van der Waals surface area contributed by atoms with Crippen LogP contribution in [-0.4, -0.2) is 99.0 Å². The molecule has 2 amide bonds. The molecule has 0 fully saturated rings. The molecular formula is C58H59BBr2F2IN14O6V-. The average Bonchev–Trinajstić information content (AvgIpc) is 2.87. The minimum absolute atomic E-state index is 0. The topological polar surface area (TPSA) is 312 Å². The standard InChI is InChI=1S/C18H12FN5O.C13H9BrN4O.C8H5BrN2O2.C5H5BFNO2.C5H6N2.C4H9I.C4H9.CH4.V/c19-13-6-12(8-21-9-13)11-3-4-16-15(7-11)17(24-23-16)18(25)22-14-2-1-5-20-10-14;14-8-3-4-11-10(6-8)12(18-17-11)13(19)16-9-2-1-5-15-7-9;9-4-1-2-6-5(3-4)7(8(12)13)11-10-6;7-5-1-4(6(9)10)2-8-3-5;6-5-2-1-3-7-4-5;1-4(2,3)5;1-4(2)3;;/h1-10H,(H,22,25)(H,23,24);1-7H,(H,16,19)(H,17,18);1-3H,(H,10,11)(H,12,13);1-3,9-10H;1-4H,6H2;1-3H3;1-3H3;1H4;/q;;;;;;-1;;. The van der Waals surface area contributed by atoms with Crippen LogP contribution in [0.3, 0.4) is 0 Å². The minimum Gasteiger partial charge on any atom is -0.476 e. The second kappa shape index (κ2) is 35.4. The largest absolute Gasteiger partial charge is 0.490 e. The number of hydrogen-bond acceptors (Lipinski definition) is 14. The van der Waals surface area contributed by atoms with Crippen LogP contribution in [0.2, 0.25) is 0 Å². The number of nitrogens with two attached hydrogens (primary N) is 1. The van der Waals surface area contributed by atoms with Crippen LogP contribution in [0.5, 0.6) is 0 Å². The van der Waals surface area contributed by atoms with E-state index >= 15 is 0 Å². The first kappa shape index (κ1) is 71.4. The van der Waals surface area contributed by atoms with E-state index < -0.39 is 24.7 Å². The molecule has 10 N–H and O–H groups in total. The summed E-state index contributed by atoms with van der Waals surface area (Å²) in [6.45, 7) is 12.8. The van der Waals surface area contributed by atoms with Gasteiger partial charge in [-0.2, -0.15) is 36.1 Å². The van der Waals surface area contributed by atoms with Crippen molar-refractivity contribution in [1.29, 1.82) is 0 Å². The Balaban J connectivity index is 0.000000280. The summed E-state index contributed by atoms with van der Waals surface area (Å²) in [6.07, 6.45) is 14.6. The van der Waals surface area contributed by atoms with E-state index in [-0.39, 0.29) is 54.6 Å². The fraction of sp³-hybridized carbons (Fsp3) is 0.138. The number of H-pyrrole nitrogens is 3. The molecule has 0 atom stereocenters. The van der Waals surface area contributed by atoms with Gasteiger partial charge >= 0.3 is 13.1 Å². The van der Waals surface area contributed by atoms with Crippen molar-refractivity contribution in [3.05, 3.63) is 209 Å². The number of aromatic carboxylic acids is 1. The zero-order chi connectivity index (χ0) is 60.6. The van der Waals surface area contributed by atoms with Gasteiger partial charge in [0, 0.05) is 95.3 Å². The molecule has 0 unspecified atom stereocenters. The van der Waals surface area contributed by atoms with E-state index in [1.54, 1.807) is 104 Å². The number of carbonyl (C=O) groups is 3. The summed E-state index contributed by atoms with van der Waals surface area (Å²) < 4.78 is 27.9. The number of anilines is 3. The van der Waals surface area contributed by atoms with Crippen LogP contribution in [0.1, 0.15) is 80.4 Å². The Morgan fingerprint density at radius 2 is 1.00 bits per heavy atom. The number of hydrogen-bond donors (Lipinski definition) is 9. The van der Waals surface area contributed by atoms with Crippen LogP contribution in [0, 0.1) is 17.6 Å². The summed E-state index contributed by atoms with van der Waals surface area (Å²) in [6, 6.07) is 29.3. The molecular weight excluding hydrogens is 1380 g/mol. The molecule has 11 rings (SSSR count). The molecule has 0 aliphatic rings. The van der Waals surface area contributed by atoms with Crippen molar-refractivity contribution >= 4 is 135 Å². The van der Waals surface area contributed by atoms with E-state index in [4.69, 9.17) is 20.9 Å². The Labute approximate surface area is 531 Å². The number of carboxylic acid groups (broad SMARTS) is 1. The number of nitrogens with one attached hydrogen (secondary N) is 5. The molecule has 1 radical (unpaired) electrons. The Bertz CT molecular complexity index is 3840. The maximum atomic E-state index is 13.4. The van der Waals surface area contributed by atoms with Crippen LogP contribution >= 0.6 is 54.5 Å². The summed E-state index contributed by atoms with van der Waals surface area (Å²) in [7, 11) is -1.65. The van der Waals surface area contributed by atoms with Gasteiger partial charge in [-0.25, -0.2) is 13.6 Å². The van der Waals surface area contributed by atoms with Gasteiger partial charge in [-0.3, -0.25) is 49.8 Å². The van der Waals surface area contributed by atoms with E-state index in [1.807, 2.05) is 30.3 Å². The van der Waals surface area contributed by atoms with Crippen molar-refractivity contribution in [1.82, 2.24) is 55.5 Å². The Hall–Kier alpha value is -7.85. The van der Waals surface area contributed by atoms with Gasteiger partial charge in [0.15, 0.2) is 17.1 Å². The van der Waals surface area contributed by atoms with Crippen molar-refractivity contribution in [3.8, 4) is 11.1 Å². The number of alkyl halides is 1. The van der Waals surface area contributed by atoms with Crippen molar-refractivity contribution < 1.29 is 56.9 Å². The van der Waals surface area contributed by atoms with Crippen LogP contribution in [0.25, 0.3) is 43.8 Å². The Morgan fingerprint density at radius 3 is 1.38 bits per heavy atom. The molecule has 20 nitrogen and oxygen atoms in total. The van der Waals surface area contributed by atoms with Crippen molar-refractivity contribution in [3.63, 3.8) is 0 Å². The number of pyridine rings is 5. The number of carbonyl (C=O) groups excluding carboxylic acids is 2. The van der Waals surface area contributed by atoms with Gasteiger partial charge < -0.3 is 37.4 Å². The molecule has 85 heavy (non-hydrogen) atoms. The van der Waals surface area contributed by atoms with Crippen molar-refractivity contribution in [2.24, 2.45) is 0 Å². The second-order valence-corrected chi connectivity index (χ2v) is 23.7. The first-order chi connectivity index (χ1) is 39.4. The first-order valence-electron chi connectivity index (χ1n) is 24.6. The molecule has 8 aromatic heterocycles. The van der Waals surface area contributed by atoms with Gasteiger partial charge in [-0.15, -0.1) is 0 Å². The molecule has 0 aliphatic carbocycles. The number of nitrogens with zero attached hydrogens (tertiary/aromatic N) is 8. The predicted octanol–water partition coefficient (Wildman–Crippen LogP) is 12.4. The molecule has 0 aliphatic heterocycles. The normalized spacial score (nSPS) is 10.1. The summed E-state index contributed by atoms with van der Waals surface area (Å²) in [5.41, 5.74) is 11.6. The number of nitrogen functional groups attached to an aromatic ring is 1. The molecule has 8 heterocycles. The molecule has 0 spiro atoms. The van der Waals surface area contributed by atoms with Gasteiger partial charge in [0.05, 0.1) is 58.4 Å². The third kappa shape index (κ3) is 24.7. The Morgan fingerprint density at radius 1 is 0.588 bits per heavy atom. The second-order valence-electron chi connectivity index (χ2n) is 18.6. The smallest absolute Gasteiger partial charge is 0.476 e. The maximum Gasteiger partial charge on any atom is 0.490 e. The van der Waals surface area contributed by atoms with Gasteiger partial charge in [0.1, 0.15) is 11.6 Å². The van der Waals surface area contributed by atoms with E-state index in [9.17, 15) is 23.2 Å². The quantitative estimate of drug-likeness (QED) is 0.0310. The van der Waals surface area contributed by atoms with Gasteiger partial charge in [0.25, 0.3) is 11.8 Å². The van der Waals surface area contributed by atoms with Gasteiger partial charge in [-0.05, 0) is 103 Å². The van der Waals surface area contributed by atoms with Gasteiger partial charge in [0.2, 0.25) is 0 Å². The molecule has 441 valence electrons. The molecule has 0 bridgehead atoms. The van der Waals surface area contributed by atoms with Crippen LogP contribution in [0.15, 0.2) is 174 Å². The SMILES string of the molecule is C.CC(C)(C)I.C[C-](C)C.Nc1cccnc1.O=C(Nc1cccnc1)c1n[nH]c2ccc(-c3cncc(F)c3)cc12.O=C(Nc1cccnc1)c1n[nH]c2ccc(Br)cc12.O=C(O)c1n[nH]c2ccc(Br)cc12.OB(O)c1cncc(F)c1.[V]. The minimum atomic E-state index is -1.65. The summed E-state index contributed by atoms with van der Waals surface area (Å²) >= 11 is 9.03. The number of amides is 2. The predicted molar refractivity (Wildman–Crippen MR) is 342 cm³/mol. The number of aromatic nitrogens is 11. The van der Waals surface area contributed by atoms with Crippen LogP contribution in [-0.2, 0) is 18.6 Å². The number of benzene rings is 3. The molecule has 27 heteroatoms. The molecule has 0 saturated carbocycles. The average molecular weight is 1430 g/mol.